The Kier molecular flexibility index (Phi) is 4.24. The molecule has 1 aromatic rings. The van der Waals surface area contributed by atoms with Crippen molar-refractivity contribution in [2.75, 3.05) is 11.0 Å². The largest absolute Gasteiger partial charge is 0.351 e. The van der Waals surface area contributed by atoms with E-state index in [2.05, 4.69) is 27.9 Å². The highest BCUT2D eigenvalue weighted by molar-refractivity contribution is 14.1. The average molecular weight is 311 g/mol. The summed E-state index contributed by atoms with van der Waals surface area (Å²) in [4.78, 5) is 11.3. The molecular weight excluding hydrogens is 303 g/mol. The van der Waals surface area contributed by atoms with Gasteiger partial charge in [0.15, 0.2) is 0 Å². The van der Waals surface area contributed by atoms with E-state index in [1.807, 2.05) is 0 Å². The lowest BCUT2D eigenvalue weighted by Gasteiger charge is -2.04. The number of hydrogen-bond acceptors (Lipinski definition) is 1. The van der Waals surface area contributed by atoms with E-state index in [0.29, 0.717) is 11.0 Å². The van der Waals surface area contributed by atoms with Gasteiger partial charge in [-0.25, -0.2) is 8.78 Å². The molecule has 1 aromatic carbocycles. The Morgan fingerprint density at radius 2 is 1.93 bits per heavy atom. The van der Waals surface area contributed by atoms with E-state index < -0.39 is 23.1 Å². The standard InChI is InChI=1S/C9H8F2INO/c10-6-2-1-3-7(11)8(6)9(14)13-5-4-12/h1-3H,4-5H2,(H,13,14). The third-order valence-electron chi connectivity index (χ3n) is 1.57. The van der Waals surface area contributed by atoms with Gasteiger partial charge in [0.25, 0.3) is 5.91 Å². The van der Waals surface area contributed by atoms with Crippen molar-refractivity contribution in [1.82, 2.24) is 5.32 Å². The van der Waals surface area contributed by atoms with Crippen molar-refractivity contribution in [2.24, 2.45) is 0 Å². The molecule has 1 rings (SSSR count). The minimum Gasteiger partial charge on any atom is -0.351 e. The number of rotatable bonds is 3. The van der Waals surface area contributed by atoms with E-state index in [0.717, 1.165) is 12.1 Å². The van der Waals surface area contributed by atoms with Gasteiger partial charge in [0.05, 0.1) is 0 Å². The highest BCUT2D eigenvalue weighted by Crippen LogP contribution is 2.11. The van der Waals surface area contributed by atoms with Gasteiger partial charge >= 0.3 is 0 Å². The average Bonchev–Trinajstić information content (AvgIpc) is 2.14. The monoisotopic (exact) mass is 311 g/mol. The Morgan fingerprint density at radius 3 is 2.43 bits per heavy atom. The second kappa shape index (κ2) is 5.23. The first-order valence-corrected chi connectivity index (χ1v) is 5.47. The summed E-state index contributed by atoms with van der Waals surface area (Å²) in [7, 11) is 0. The molecule has 0 heterocycles. The van der Waals surface area contributed by atoms with Crippen LogP contribution in [0.4, 0.5) is 8.78 Å². The number of hydrogen-bond donors (Lipinski definition) is 1. The van der Waals surface area contributed by atoms with E-state index in [4.69, 9.17) is 0 Å². The zero-order chi connectivity index (χ0) is 10.6. The van der Waals surface area contributed by atoms with E-state index in [9.17, 15) is 13.6 Å². The Morgan fingerprint density at radius 1 is 1.36 bits per heavy atom. The van der Waals surface area contributed by atoms with Crippen LogP contribution >= 0.6 is 22.6 Å². The molecule has 0 aliphatic rings. The maximum atomic E-state index is 13.0. The molecule has 0 radical (unpaired) electrons. The summed E-state index contributed by atoms with van der Waals surface area (Å²) in [6, 6.07) is 3.34. The van der Waals surface area contributed by atoms with Crippen LogP contribution in [0.15, 0.2) is 18.2 Å². The van der Waals surface area contributed by atoms with Crippen LogP contribution in [0, 0.1) is 11.6 Å². The fourth-order valence-corrected chi connectivity index (χ4v) is 1.23. The van der Waals surface area contributed by atoms with Crippen molar-refractivity contribution >= 4 is 28.5 Å². The predicted molar refractivity (Wildman–Crippen MR) is 57.6 cm³/mol. The Bertz CT molecular complexity index is 323. The van der Waals surface area contributed by atoms with Crippen LogP contribution in [-0.2, 0) is 0 Å². The van der Waals surface area contributed by atoms with Gasteiger partial charge in [-0.05, 0) is 12.1 Å². The lowest BCUT2D eigenvalue weighted by Crippen LogP contribution is -2.27. The van der Waals surface area contributed by atoms with Gasteiger partial charge in [-0.3, -0.25) is 4.79 Å². The molecule has 0 bridgehead atoms. The van der Waals surface area contributed by atoms with Crippen molar-refractivity contribution in [3.05, 3.63) is 35.4 Å². The summed E-state index contributed by atoms with van der Waals surface area (Å²) >= 11 is 2.06. The van der Waals surface area contributed by atoms with Crippen LogP contribution in [0.2, 0.25) is 0 Å². The Labute approximate surface area is 93.8 Å². The first kappa shape index (κ1) is 11.4. The molecule has 14 heavy (non-hydrogen) atoms. The Balaban J connectivity index is 2.89. The van der Waals surface area contributed by atoms with Crippen LogP contribution in [0.1, 0.15) is 10.4 Å². The number of alkyl halides is 1. The zero-order valence-electron chi connectivity index (χ0n) is 7.19. The third kappa shape index (κ3) is 2.63. The van der Waals surface area contributed by atoms with Crippen molar-refractivity contribution in [3.8, 4) is 0 Å². The quantitative estimate of drug-likeness (QED) is 0.672. The molecule has 1 N–H and O–H groups in total. The highest BCUT2D eigenvalue weighted by Gasteiger charge is 2.15. The summed E-state index contributed by atoms with van der Waals surface area (Å²) < 4.78 is 26.7. The minimum atomic E-state index is -0.837. The third-order valence-corrected chi connectivity index (χ3v) is 2.11. The summed E-state index contributed by atoms with van der Waals surface area (Å²) in [5.74, 6) is -2.39. The van der Waals surface area contributed by atoms with Crippen LogP contribution in [0.25, 0.3) is 0 Å². The summed E-state index contributed by atoms with van der Waals surface area (Å²) in [6.07, 6.45) is 0. The van der Waals surface area contributed by atoms with E-state index in [1.165, 1.54) is 6.07 Å². The van der Waals surface area contributed by atoms with Gasteiger partial charge in [-0.1, -0.05) is 28.7 Å². The number of carbonyl (C=O) groups excluding carboxylic acids is 1. The van der Waals surface area contributed by atoms with Crippen molar-refractivity contribution < 1.29 is 13.6 Å². The molecule has 2 nitrogen and oxygen atoms in total. The molecule has 5 heteroatoms. The SMILES string of the molecule is O=C(NCCI)c1c(F)cccc1F. The number of benzene rings is 1. The Hall–Kier alpha value is -0.720. The van der Waals surface area contributed by atoms with E-state index in [1.54, 1.807) is 0 Å². The van der Waals surface area contributed by atoms with Gasteiger partial charge in [0, 0.05) is 11.0 Å². The molecule has 0 spiro atoms. The molecule has 0 aromatic heterocycles. The number of halogens is 3. The highest BCUT2D eigenvalue weighted by atomic mass is 127. The topological polar surface area (TPSA) is 29.1 Å². The first-order chi connectivity index (χ1) is 6.66. The van der Waals surface area contributed by atoms with Crippen molar-refractivity contribution in [3.63, 3.8) is 0 Å². The second-order valence-electron chi connectivity index (χ2n) is 2.54. The van der Waals surface area contributed by atoms with Crippen LogP contribution in [0.5, 0.6) is 0 Å². The van der Waals surface area contributed by atoms with Crippen molar-refractivity contribution in [1.29, 1.82) is 0 Å². The van der Waals surface area contributed by atoms with Gasteiger partial charge < -0.3 is 5.32 Å². The van der Waals surface area contributed by atoms with Gasteiger partial charge in [0.1, 0.15) is 17.2 Å². The predicted octanol–water partition coefficient (Wildman–Crippen LogP) is 2.13. The summed E-state index contributed by atoms with van der Waals surface area (Å²) in [5.41, 5.74) is -0.516. The molecule has 0 aliphatic heterocycles. The van der Waals surface area contributed by atoms with Gasteiger partial charge in [-0.15, -0.1) is 0 Å². The lowest BCUT2D eigenvalue weighted by atomic mass is 10.2. The summed E-state index contributed by atoms with van der Waals surface area (Å²) in [6.45, 7) is 0.396. The fourth-order valence-electron chi connectivity index (χ4n) is 0.964. The molecule has 0 atom stereocenters. The van der Waals surface area contributed by atoms with Crippen LogP contribution in [-0.4, -0.2) is 16.9 Å². The van der Waals surface area contributed by atoms with Crippen molar-refractivity contribution in [2.45, 2.75) is 0 Å². The van der Waals surface area contributed by atoms with Crippen LogP contribution in [0.3, 0.4) is 0 Å². The van der Waals surface area contributed by atoms with Gasteiger partial charge in [-0.2, -0.15) is 0 Å². The number of carbonyl (C=O) groups is 1. The molecule has 0 aliphatic carbocycles. The zero-order valence-corrected chi connectivity index (χ0v) is 9.35. The first-order valence-electron chi connectivity index (χ1n) is 3.95. The summed E-state index contributed by atoms with van der Waals surface area (Å²) in [5, 5.41) is 2.40. The molecular formula is C9H8F2INO. The maximum absolute atomic E-state index is 13.0. The number of amides is 1. The smallest absolute Gasteiger partial charge is 0.257 e. The second-order valence-corrected chi connectivity index (χ2v) is 3.62. The maximum Gasteiger partial charge on any atom is 0.257 e. The minimum absolute atomic E-state index is 0.396. The lowest BCUT2D eigenvalue weighted by molar-refractivity contribution is 0.0948. The number of nitrogens with one attached hydrogen (secondary N) is 1. The van der Waals surface area contributed by atoms with Crippen LogP contribution < -0.4 is 5.32 Å². The molecule has 76 valence electrons. The van der Waals surface area contributed by atoms with E-state index >= 15 is 0 Å². The fraction of sp³-hybridized carbons (Fsp3) is 0.222. The molecule has 1 amide bonds. The van der Waals surface area contributed by atoms with Gasteiger partial charge in [0.2, 0.25) is 0 Å². The normalized spacial score (nSPS) is 9.93. The molecule has 0 saturated heterocycles. The molecule has 0 unspecified atom stereocenters. The van der Waals surface area contributed by atoms with E-state index in [-0.39, 0.29) is 0 Å². The molecule has 0 fully saturated rings. The molecule has 0 saturated carbocycles.